The van der Waals surface area contributed by atoms with E-state index in [0.717, 1.165) is 25.9 Å². The van der Waals surface area contributed by atoms with Crippen LogP contribution in [0.15, 0.2) is 36.5 Å². The summed E-state index contributed by atoms with van der Waals surface area (Å²) in [5, 5.41) is 8.15. The van der Waals surface area contributed by atoms with Crippen LogP contribution in [0.2, 0.25) is 0 Å². The molecule has 2 heterocycles. The third-order valence-corrected chi connectivity index (χ3v) is 3.82. The van der Waals surface area contributed by atoms with E-state index in [1.54, 1.807) is 18.3 Å². The molecule has 0 saturated heterocycles. The Hall–Kier alpha value is -1.96. The SMILES string of the molecule is COC(=O)c1ccnc(-c2ccc3[nH]nc(I)c3c2)c1. The topological polar surface area (TPSA) is 67.9 Å². The molecule has 0 saturated carbocycles. The minimum atomic E-state index is -0.368. The number of carbonyl (C=O) groups is 1. The molecule has 20 heavy (non-hydrogen) atoms. The highest BCUT2D eigenvalue weighted by atomic mass is 127. The lowest BCUT2D eigenvalue weighted by molar-refractivity contribution is 0.0600. The number of H-pyrrole nitrogens is 1. The van der Waals surface area contributed by atoms with Gasteiger partial charge in [-0.15, -0.1) is 0 Å². The highest BCUT2D eigenvalue weighted by Crippen LogP contribution is 2.25. The zero-order chi connectivity index (χ0) is 14.1. The van der Waals surface area contributed by atoms with E-state index in [2.05, 4.69) is 37.8 Å². The number of aromatic nitrogens is 3. The van der Waals surface area contributed by atoms with Crippen molar-refractivity contribution < 1.29 is 9.53 Å². The fourth-order valence-electron chi connectivity index (χ4n) is 1.97. The predicted octanol–water partition coefficient (Wildman–Crippen LogP) is 3.02. The highest BCUT2D eigenvalue weighted by Gasteiger charge is 2.09. The summed E-state index contributed by atoms with van der Waals surface area (Å²) < 4.78 is 5.63. The van der Waals surface area contributed by atoms with Crippen LogP contribution >= 0.6 is 22.6 Å². The summed E-state index contributed by atoms with van der Waals surface area (Å²) in [5.74, 6) is -0.368. The number of methoxy groups -OCH3 is 1. The Bertz CT molecular complexity index is 798. The van der Waals surface area contributed by atoms with E-state index in [4.69, 9.17) is 4.74 Å². The molecule has 6 heteroatoms. The molecule has 2 aromatic heterocycles. The van der Waals surface area contributed by atoms with Crippen LogP contribution in [0.25, 0.3) is 22.2 Å². The normalized spacial score (nSPS) is 10.7. The van der Waals surface area contributed by atoms with Gasteiger partial charge in [0.15, 0.2) is 0 Å². The summed E-state index contributed by atoms with van der Waals surface area (Å²) in [4.78, 5) is 15.9. The minimum Gasteiger partial charge on any atom is -0.465 e. The molecule has 0 aliphatic carbocycles. The molecule has 3 aromatic rings. The Labute approximate surface area is 128 Å². The molecule has 0 spiro atoms. The smallest absolute Gasteiger partial charge is 0.337 e. The van der Waals surface area contributed by atoms with Crippen molar-refractivity contribution in [2.45, 2.75) is 0 Å². The van der Waals surface area contributed by atoms with E-state index in [0.29, 0.717) is 5.56 Å². The van der Waals surface area contributed by atoms with Crippen molar-refractivity contribution in [3.05, 3.63) is 45.8 Å². The maximum absolute atomic E-state index is 11.6. The Balaban J connectivity index is 2.10. The van der Waals surface area contributed by atoms with E-state index >= 15 is 0 Å². The first-order chi connectivity index (χ1) is 9.69. The Morgan fingerprint density at radius 3 is 2.95 bits per heavy atom. The lowest BCUT2D eigenvalue weighted by Crippen LogP contribution is -2.01. The van der Waals surface area contributed by atoms with Crippen LogP contribution in [0, 0.1) is 3.70 Å². The van der Waals surface area contributed by atoms with E-state index in [1.807, 2.05) is 18.2 Å². The maximum atomic E-state index is 11.6. The van der Waals surface area contributed by atoms with Gasteiger partial charge in [-0.25, -0.2) is 4.79 Å². The van der Waals surface area contributed by atoms with Crippen molar-refractivity contribution in [3.63, 3.8) is 0 Å². The van der Waals surface area contributed by atoms with Gasteiger partial charge in [0.2, 0.25) is 0 Å². The number of esters is 1. The lowest BCUT2D eigenvalue weighted by Gasteiger charge is -2.04. The lowest BCUT2D eigenvalue weighted by atomic mass is 10.1. The van der Waals surface area contributed by atoms with Gasteiger partial charge in [0.1, 0.15) is 3.70 Å². The Morgan fingerprint density at radius 1 is 1.30 bits per heavy atom. The number of rotatable bonds is 2. The number of hydrogen-bond acceptors (Lipinski definition) is 4. The van der Waals surface area contributed by atoms with Crippen LogP contribution in [0.4, 0.5) is 0 Å². The number of halogens is 1. The molecule has 1 N–H and O–H groups in total. The van der Waals surface area contributed by atoms with Crippen molar-refractivity contribution in [2.75, 3.05) is 7.11 Å². The standard InChI is InChI=1S/C14H10IN3O2/c1-20-14(19)9-4-5-16-12(7-9)8-2-3-11-10(6-8)13(15)18-17-11/h2-7H,1H3,(H,17,18). The molecule has 0 radical (unpaired) electrons. The number of aromatic amines is 1. The van der Waals surface area contributed by atoms with Gasteiger partial charge in [-0.3, -0.25) is 10.1 Å². The average molecular weight is 379 g/mol. The van der Waals surface area contributed by atoms with E-state index in [-0.39, 0.29) is 5.97 Å². The summed E-state index contributed by atoms with van der Waals surface area (Å²) in [6, 6.07) is 9.26. The fraction of sp³-hybridized carbons (Fsp3) is 0.0714. The quantitative estimate of drug-likeness (QED) is 0.549. The van der Waals surface area contributed by atoms with Gasteiger partial charge < -0.3 is 4.74 Å². The minimum absolute atomic E-state index is 0.368. The van der Waals surface area contributed by atoms with Crippen LogP contribution in [0.3, 0.4) is 0 Å². The summed E-state index contributed by atoms with van der Waals surface area (Å²) in [5.41, 5.74) is 3.12. The molecule has 0 aliphatic heterocycles. The first-order valence-corrected chi connectivity index (χ1v) is 6.95. The molecule has 0 unspecified atom stereocenters. The van der Waals surface area contributed by atoms with Crippen LogP contribution in [0.1, 0.15) is 10.4 Å². The second-order valence-electron chi connectivity index (χ2n) is 4.20. The van der Waals surface area contributed by atoms with Gasteiger partial charge in [-0.2, -0.15) is 5.10 Å². The summed E-state index contributed by atoms with van der Waals surface area (Å²) in [6.45, 7) is 0. The summed E-state index contributed by atoms with van der Waals surface area (Å²) >= 11 is 2.18. The van der Waals surface area contributed by atoms with Gasteiger partial charge in [0.05, 0.1) is 23.9 Å². The van der Waals surface area contributed by atoms with Gasteiger partial charge in [-0.1, -0.05) is 6.07 Å². The highest BCUT2D eigenvalue weighted by molar-refractivity contribution is 14.1. The van der Waals surface area contributed by atoms with Crippen LogP contribution < -0.4 is 0 Å². The number of carbonyl (C=O) groups excluding carboxylic acids is 1. The second-order valence-corrected chi connectivity index (χ2v) is 5.22. The third-order valence-electron chi connectivity index (χ3n) is 2.99. The molecule has 100 valence electrons. The zero-order valence-corrected chi connectivity index (χ0v) is 12.7. The molecular formula is C14H10IN3O2. The van der Waals surface area contributed by atoms with Crippen molar-refractivity contribution in [2.24, 2.45) is 0 Å². The van der Waals surface area contributed by atoms with E-state index < -0.39 is 0 Å². The molecule has 0 amide bonds. The van der Waals surface area contributed by atoms with Gasteiger partial charge in [-0.05, 0) is 46.9 Å². The molecule has 5 nitrogen and oxygen atoms in total. The molecule has 0 aliphatic rings. The summed E-state index contributed by atoms with van der Waals surface area (Å²) in [6.07, 6.45) is 1.60. The van der Waals surface area contributed by atoms with E-state index in [9.17, 15) is 4.79 Å². The van der Waals surface area contributed by atoms with Crippen LogP contribution in [-0.2, 0) is 4.74 Å². The molecule has 0 atom stereocenters. The van der Waals surface area contributed by atoms with Gasteiger partial charge in [0, 0.05) is 17.1 Å². The van der Waals surface area contributed by atoms with Crippen molar-refractivity contribution in [1.82, 2.24) is 15.2 Å². The van der Waals surface area contributed by atoms with Gasteiger partial charge in [0.25, 0.3) is 0 Å². The molecule has 0 fully saturated rings. The van der Waals surface area contributed by atoms with Gasteiger partial charge >= 0.3 is 5.97 Å². The monoisotopic (exact) mass is 379 g/mol. The number of hydrogen-bond donors (Lipinski definition) is 1. The van der Waals surface area contributed by atoms with Crippen LogP contribution in [-0.4, -0.2) is 28.3 Å². The number of pyridine rings is 1. The van der Waals surface area contributed by atoms with Crippen molar-refractivity contribution >= 4 is 39.5 Å². The molecular weight excluding hydrogens is 369 g/mol. The third kappa shape index (κ3) is 2.26. The number of fused-ring (bicyclic) bond motifs is 1. The predicted molar refractivity (Wildman–Crippen MR) is 83.4 cm³/mol. The largest absolute Gasteiger partial charge is 0.465 e. The first kappa shape index (κ1) is 13.0. The second kappa shape index (κ2) is 5.20. The van der Waals surface area contributed by atoms with Crippen molar-refractivity contribution in [3.8, 4) is 11.3 Å². The fourth-order valence-corrected chi connectivity index (χ4v) is 2.54. The van der Waals surface area contributed by atoms with Crippen LogP contribution in [0.5, 0.6) is 0 Å². The number of nitrogens with one attached hydrogen (secondary N) is 1. The average Bonchev–Trinajstić information content (AvgIpc) is 2.87. The molecule has 1 aromatic carbocycles. The first-order valence-electron chi connectivity index (χ1n) is 5.87. The number of nitrogens with zero attached hydrogens (tertiary/aromatic N) is 2. The number of ether oxygens (including phenoxy) is 1. The summed E-state index contributed by atoms with van der Waals surface area (Å²) in [7, 11) is 1.36. The Kier molecular flexibility index (Phi) is 3.39. The zero-order valence-electron chi connectivity index (χ0n) is 10.6. The molecule has 3 rings (SSSR count). The Morgan fingerprint density at radius 2 is 2.15 bits per heavy atom. The number of benzene rings is 1. The van der Waals surface area contributed by atoms with Crippen molar-refractivity contribution in [1.29, 1.82) is 0 Å². The maximum Gasteiger partial charge on any atom is 0.337 e. The van der Waals surface area contributed by atoms with E-state index in [1.165, 1.54) is 7.11 Å². The molecule has 0 bridgehead atoms.